The second-order valence-electron chi connectivity index (χ2n) is 8.77. The number of H-pyrrole nitrogens is 1. The first-order valence-electron chi connectivity index (χ1n) is 9.08. The molecule has 0 aromatic carbocycles. The molecule has 3 atom stereocenters. The van der Waals surface area contributed by atoms with Crippen LogP contribution < -0.4 is 11.2 Å². The minimum atomic E-state index is -3.65. The van der Waals surface area contributed by atoms with Gasteiger partial charge >= 0.3 is 5.69 Å². The smallest absolute Gasteiger partial charge is 0.330 e. The molecule has 1 aliphatic heterocycles. The fourth-order valence-electron chi connectivity index (χ4n) is 2.58. The van der Waals surface area contributed by atoms with Crippen molar-refractivity contribution in [1.29, 1.82) is 0 Å². The molecule has 0 radical (unpaired) electrons. The first kappa shape index (κ1) is 23.0. The summed E-state index contributed by atoms with van der Waals surface area (Å²) in [6, 6.07) is 0. The van der Waals surface area contributed by atoms with Gasteiger partial charge in [0.05, 0.1) is 31.5 Å². The van der Waals surface area contributed by atoms with Crippen molar-refractivity contribution in [2.75, 3.05) is 19.5 Å². The fraction of sp³-hybridized carbons (Fsp3) is 0.765. The van der Waals surface area contributed by atoms with Crippen molar-refractivity contribution in [1.82, 2.24) is 9.55 Å². The fourth-order valence-corrected chi connectivity index (χ4v) is 4.00. The molecule has 160 valence electrons. The number of aryl methyl sites for hydroxylation is 1. The number of hydrogen-bond acceptors (Lipinski definition) is 7. The average molecular weight is 435 g/mol. The summed E-state index contributed by atoms with van der Waals surface area (Å²) in [6.07, 6.45) is 1.22. The largest absolute Gasteiger partial charge is 0.414 e. The van der Waals surface area contributed by atoms with Crippen molar-refractivity contribution in [2.24, 2.45) is 5.92 Å². The molecule has 0 aliphatic carbocycles. The van der Waals surface area contributed by atoms with Crippen molar-refractivity contribution < 1.29 is 21.8 Å². The Morgan fingerprint density at radius 3 is 2.39 bits per heavy atom. The number of aromatic nitrogens is 2. The third kappa shape index (κ3) is 5.20. The zero-order valence-corrected chi connectivity index (χ0v) is 19.3. The topological polar surface area (TPSA) is 117 Å². The Morgan fingerprint density at radius 2 is 1.86 bits per heavy atom. The van der Waals surface area contributed by atoms with Crippen molar-refractivity contribution in [3.05, 3.63) is 32.6 Å². The molecule has 2 rings (SSSR count). The Kier molecular flexibility index (Phi) is 6.46. The minimum absolute atomic E-state index is 0.0157. The Labute approximate surface area is 166 Å². The maximum absolute atomic E-state index is 12.2. The van der Waals surface area contributed by atoms with Crippen LogP contribution in [0.3, 0.4) is 0 Å². The van der Waals surface area contributed by atoms with Crippen molar-refractivity contribution in [2.45, 2.75) is 58.2 Å². The summed E-state index contributed by atoms with van der Waals surface area (Å²) in [5.41, 5.74) is -0.733. The van der Waals surface area contributed by atoms with Gasteiger partial charge in [-0.25, -0.2) is 4.79 Å². The van der Waals surface area contributed by atoms with Crippen LogP contribution in [0.1, 0.15) is 32.6 Å². The second kappa shape index (κ2) is 7.86. The van der Waals surface area contributed by atoms with Crippen molar-refractivity contribution >= 4 is 18.4 Å². The van der Waals surface area contributed by atoms with E-state index >= 15 is 0 Å². The van der Waals surface area contributed by atoms with Crippen LogP contribution in [0.2, 0.25) is 18.1 Å². The molecule has 28 heavy (non-hydrogen) atoms. The maximum Gasteiger partial charge on any atom is 0.330 e. The Balaban J connectivity index is 2.21. The van der Waals surface area contributed by atoms with Crippen LogP contribution in [0, 0.1) is 12.8 Å². The van der Waals surface area contributed by atoms with Crippen LogP contribution in [0.15, 0.2) is 15.8 Å². The molecule has 1 aromatic rings. The van der Waals surface area contributed by atoms with Crippen LogP contribution in [0.4, 0.5) is 0 Å². The molecule has 0 bridgehead atoms. The van der Waals surface area contributed by atoms with Gasteiger partial charge in [-0.3, -0.25) is 18.5 Å². The molecule has 1 fully saturated rings. The summed E-state index contributed by atoms with van der Waals surface area (Å²) < 4.78 is 41.1. The van der Waals surface area contributed by atoms with Gasteiger partial charge in [-0.05, 0) is 25.1 Å². The zero-order chi connectivity index (χ0) is 21.5. The molecule has 1 N–H and O–H groups in total. The van der Waals surface area contributed by atoms with Crippen LogP contribution in [0.25, 0.3) is 0 Å². The molecule has 3 unspecified atom stereocenters. The minimum Gasteiger partial charge on any atom is -0.414 e. The Hall–Kier alpha value is -1.27. The summed E-state index contributed by atoms with van der Waals surface area (Å²) >= 11 is 0. The van der Waals surface area contributed by atoms with E-state index in [9.17, 15) is 18.0 Å². The monoisotopic (exact) mass is 434 g/mol. The van der Waals surface area contributed by atoms with E-state index in [1.54, 1.807) is 6.92 Å². The van der Waals surface area contributed by atoms with E-state index in [4.69, 9.17) is 13.3 Å². The van der Waals surface area contributed by atoms with Crippen LogP contribution >= 0.6 is 0 Å². The third-order valence-corrected chi connectivity index (χ3v) is 10.5. The normalized spacial score (nSPS) is 23.5. The maximum atomic E-state index is 12.2. The van der Waals surface area contributed by atoms with E-state index in [0.29, 0.717) is 5.56 Å². The van der Waals surface area contributed by atoms with Gasteiger partial charge in [-0.15, -0.1) is 0 Å². The summed E-state index contributed by atoms with van der Waals surface area (Å²) in [5, 5.41) is 0.0157. The molecular weight excluding hydrogens is 404 g/mol. The number of aromatic amines is 1. The molecule has 1 saturated heterocycles. The molecule has 1 aliphatic rings. The van der Waals surface area contributed by atoms with E-state index in [1.165, 1.54) is 10.8 Å². The molecule has 0 saturated carbocycles. The molecule has 9 nitrogen and oxygen atoms in total. The van der Waals surface area contributed by atoms with Gasteiger partial charge in [-0.1, -0.05) is 20.8 Å². The lowest BCUT2D eigenvalue weighted by atomic mass is 9.95. The van der Waals surface area contributed by atoms with Crippen LogP contribution in [0.5, 0.6) is 0 Å². The molecular formula is C17H30N2O7SSi. The number of nitrogens with zero attached hydrogens (tertiary/aromatic N) is 1. The average Bonchev–Trinajstić information content (AvgIpc) is 2.48. The van der Waals surface area contributed by atoms with Crippen molar-refractivity contribution in [3.8, 4) is 0 Å². The summed E-state index contributed by atoms with van der Waals surface area (Å²) in [7, 11) is -5.67. The number of ether oxygens (including phenoxy) is 1. The molecule has 0 spiro atoms. The first-order chi connectivity index (χ1) is 12.6. The van der Waals surface area contributed by atoms with Gasteiger partial charge in [0, 0.05) is 11.8 Å². The van der Waals surface area contributed by atoms with E-state index < -0.39 is 47.9 Å². The zero-order valence-electron chi connectivity index (χ0n) is 17.4. The van der Waals surface area contributed by atoms with Gasteiger partial charge in [0.25, 0.3) is 15.7 Å². The predicted octanol–water partition coefficient (Wildman–Crippen LogP) is 1.36. The summed E-state index contributed by atoms with van der Waals surface area (Å²) in [4.78, 5) is 26.0. The number of rotatable bonds is 7. The van der Waals surface area contributed by atoms with Crippen LogP contribution in [-0.4, -0.2) is 51.9 Å². The molecule has 0 amide bonds. The highest BCUT2D eigenvalue weighted by atomic mass is 32.2. The number of nitrogens with one attached hydrogen (secondary N) is 1. The van der Waals surface area contributed by atoms with E-state index in [1.807, 2.05) is 0 Å². The van der Waals surface area contributed by atoms with Gasteiger partial charge in [0.15, 0.2) is 8.32 Å². The summed E-state index contributed by atoms with van der Waals surface area (Å²) in [6.45, 7) is 12.3. The lowest BCUT2D eigenvalue weighted by Gasteiger charge is -2.46. The summed E-state index contributed by atoms with van der Waals surface area (Å²) in [5.74, 6) is -0.414. The standard InChI is InChI=1S/C17H30N2O7SSi/c1-11-8-19(16(21)18-14(11)20)15-12(9-24-27(5,22)23)13(26-15)10-25-28(6,7)17(2,3)4/h8,12-13,15H,9-10H2,1-7H3,(H,18,20,21). The Bertz CT molecular complexity index is 930. The highest BCUT2D eigenvalue weighted by Crippen LogP contribution is 2.40. The second-order valence-corrected chi connectivity index (χ2v) is 15.2. The lowest BCUT2D eigenvalue weighted by Crippen LogP contribution is -2.55. The lowest BCUT2D eigenvalue weighted by molar-refractivity contribution is -0.242. The quantitative estimate of drug-likeness (QED) is 0.508. The number of hydrogen-bond donors (Lipinski definition) is 1. The SMILES string of the molecule is Cc1cn(C2OC(CO[Si](C)(C)C(C)(C)C)C2COS(C)(=O)=O)c(=O)[nH]c1=O. The van der Waals surface area contributed by atoms with E-state index in [-0.39, 0.29) is 18.3 Å². The highest BCUT2D eigenvalue weighted by molar-refractivity contribution is 7.85. The molecule has 2 heterocycles. The van der Waals surface area contributed by atoms with Gasteiger partial charge < -0.3 is 9.16 Å². The first-order valence-corrected chi connectivity index (χ1v) is 13.8. The molecule has 11 heteroatoms. The van der Waals surface area contributed by atoms with Crippen LogP contribution in [-0.2, 0) is 23.5 Å². The van der Waals surface area contributed by atoms with Gasteiger partial charge in [0.1, 0.15) is 6.23 Å². The van der Waals surface area contributed by atoms with Gasteiger partial charge in [-0.2, -0.15) is 8.42 Å². The predicted molar refractivity (Wildman–Crippen MR) is 107 cm³/mol. The van der Waals surface area contributed by atoms with Gasteiger partial charge in [0.2, 0.25) is 0 Å². The highest BCUT2D eigenvalue weighted by Gasteiger charge is 2.47. The van der Waals surface area contributed by atoms with Crippen molar-refractivity contribution in [3.63, 3.8) is 0 Å². The Morgan fingerprint density at radius 1 is 1.25 bits per heavy atom. The van der Waals surface area contributed by atoms with E-state index in [2.05, 4.69) is 38.8 Å². The molecule has 1 aromatic heterocycles. The van der Waals surface area contributed by atoms with E-state index in [0.717, 1.165) is 6.26 Å². The third-order valence-electron chi connectivity index (χ3n) is 5.47.